The minimum Gasteiger partial charge on any atom is -0.398 e. The van der Waals surface area contributed by atoms with Crippen molar-refractivity contribution in [2.45, 2.75) is 32.4 Å². The third kappa shape index (κ3) is 3.45. The highest BCUT2D eigenvalue weighted by atomic mass is 79.9. The first-order chi connectivity index (χ1) is 8.30. The number of nitriles is 1. The third-order valence-electron chi connectivity index (χ3n) is 2.48. The van der Waals surface area contributed by atoms with Gasteiger partial charge in [0.25, 0.3) is 0 Å². The van der Waals surface area contributed by atoms with E-state index in [4.69, 9.17) is 5.73 Å². The highest BCUT2D eigenvalue weighted by Crippen LogP contribution is 2.30. The number of aliphatic hydroxyl groups excluding tert-OH is 1. The molecule has 0 aromatic heterocycles. The van der Waals surface area contributed by atoms with Gasteiger partial charge >= 0.3 is 0 Å². The average Bonchev–Trinajstić information content (AvgIpc) is 2.28. The molecule has 0 heterocycles. The summed E-state index contributed by atoms with van der Waals surface area (Å²) in [5, 5.41) is 22.0. The fourth-order valence-electron chi connectivity index (χ4n) is 1.76. The van der Waals surface area contributed by atoms with Gasteiger partial charge in [0.05, 0.1) is 22.7 Å². The van der Waals surface area contributed by atoms with Crippen molar-refractivity contribution in [1.82, 2.24) is 5.32 Å². The number of aliphatic hydroxyl groups is 1. The van der Waals surface area contributed by atoms with E-state index >= 15 is 0 Å². The lowest BCUT2D eigenvalue weighted by Gasteiger charge is -2.28. The van der Waals surface area contributed by atoms with Crippen LogP contribution < -0.4 is 11.1 Å². The van der Waals surface area contributed by atoms with E-state index in [1.54, 1.807) is 12.1 Å². The Labute approximate surface area is 116 Å². The molecule has 0 aliphatic rings. The minimum absolute atomic E-state index is 0.0810. The van der Waals surface area contributed by atoms with Crippen LogP contribution >= 0.6 is 15.9 Å². The van der Waals surface area contributed by atoms with Gasteiger partial charge in [0.2, 0.25) is 0 Å². The Morgan fingerprint density at radius 1 is 1.50 bits per heavy atom. The number of rotatable bonds is 3. The largest absolute Gasteiger partial charge is 0.398 e. The Balaban J connectivity index is 3.23. The van der Waals surface area contributed by atoms with E-state index in [-0.39, 0.29) is 18.2 Å². The molecule has 0 aliphatic carbocycles. The van der Waals surface area contributed by atoms with Gasteiger partial charge in [-0.2, -0.15) is 5.26 Å². The summed E-state index contributed by atoms with van der Waals surface area (Å²) in [6, 6.07) is 5.34. The van der Waals surface area contributed by atoms with Crippen LogP contribution in [0.25, 0.3) is 0 Å². The molecule has 98 valence electrons. The van der Waals surface area contributed by atoms with Crippen molar-refractivity contribution >= 4 is 21.6 Å². The number of nitrogens with one attached hydrogen (secondary N) is 1. The summed E-state index contributed by atoms with van der Waals surface area (Å²) in [6.07, 6.45) is 0. The molecule has 0 bridgehead atoms. The van der Waals surface area contributed by atoms with Crippen LogP contribution in [-0.2, 0) is 0 Å². The van der Waals surface area contributed by atoms with Crippen molar-refractivity contribution in [3.8, 4) is 6.07 Å². The van der Waals surface area contributed by atoms with Crippen molar-refractivity contribution in [2.24, 2.45) is 0 Å². The summed E-state index contributed by atoms with van der Waals surface area (Å²) < 4.78 is 0.580. The summed E-state index contributed by atoms with van der Waals surface area (Å²) in [5.41, 5.74) is 7.32. The van der Waals surface area contributed by atoms with Crippen molar-refractivity contribution in [3.05, 3.63) is 27.7 Å². The lowest BCUT2D eigenvalue weighted by molar-refractivity contribution is 0.217. The van der Waals surface area contributed by atoms with E-state index in [0.29, 0.717) is 15.7 Å². The summed E-state index contributed by atoms with van der Waals surface area (Å²) in [5.74, 6) is 0. The van der Waals surface area contributed by atoms with Crippen LogP contribution in [0, 0.1) is 11.3 Å². The van der Waals surface area contributed by atoms with Gasteiger partial charge in [-0.1, -0.05) is 6.07 Å². The van der Waals surface area contributed by atoms with Gasteiger partial charge in [-0.25, -0.2) is 0 Å². The van der Waals surface area contributed by atoms with Gasteiger partial charge in [-0.05, 0) is 48.3 Å². The van der Waals surface area contributed by atoms with Crippen molar-refractivity contribution in [3.63, 3.8) is 0 Å². The molecular weight excluding hydrogens is 294 g/mol. The summed E-state index contributed by atoms with van der Waals surface area (Å²) in [4.78, 5) is 0. The molecule has 0 radical (unpaired) electrons. The maximum absolute atomic E-state index is 9.50. The molecule has 0 saturated carbocycles. The van der Waals surface area contributed by atoms with Crippen LogP contribution in [0.4, 0.5) is 5.69 Å². The second kappa shape index (κ2) is 5.70. The number of hydrogen-bond acceptors (Lipinski definition) is 4. The SMILES string of the molecule is CC(C)(C)N[C@H](CO)c1ccc(N)c(Br)c1C#N. The molecule has 0 spiro atoms. The predicted molar refractivity (Wildman–Crippen MR) is 76.0 cm³/mol. The molecule has 1 rings (SSSR count). The molecule has 4 N–H and O–H groups in total. The molecule has 0 fully saturated rings. The van der Waals surface area contributed by atoms with Crippen LogP contribution in [0.2, 0.25) is 0 Å². The lowest BCUT2D eigenvalue weighted by atomic mass is 9.97. The molecule has 4 nitrogen and oxygen atoms in total. The summed E-state index contributed by atoms with van der Waals surface area (Å²) in [7, 11) is 0. The van der Waals surface area contributed by atoms with E-state index in [1.165, 1.54) is 0 Å². The average molecular weight is 312 g/mol. The maximum Gasteiger partial charge on any atom is 0.101 e. The Kier molecular flexibility index (Phi) is 4.74. The van der Waals surface area contributed by atoms with Gasteiger partial charge in [0.1, 0.15) is 6.07 Å². The zero-order valence-corrected chi connectivity index (χ0v) is 12.4. The standard InChI is InChI=1S/C13H18BrN3O/c1-13(2,3)17-11(7-18)8-4-5-10(16)12(14)9(8)6-15/h4-5,11,17-18H,7,16H2,1-3H3/t11-/m1/s1. The van der Waals surface area contributed by atoms with Crippen molar-refractivity contribution in [2.75, 3.05) is 12.3 Å². The molecule has 0 saturated heterocycles. The second-order valence-corrected chi connectivity index (χ2v) is 5.97. The fraction of sp³-hybridized carbons (Fsp3) is 0.462. The van der Waals surface area contributed by atoms with Crippen LogP contribution in [0.3, 0.4) is 0 Å². The first kappa shape index (κ1) is 15.0. The maximum atomic E-state index is 9.50. The zero-order chi connectivity index (χ0) is 13.9. The topological polar surface area (TPSA) is 82.1 Å². The van der Waals surface area contributed by atoms with Crippen molar-refractivity contribution < 1.29 is 5.11 Å². The Hall–Kier alpha value is -1.09. The van der Waals surface area contributed by atoms with Gasteiger partial charge in [0, 0.05) is 11.2 Å². The Morgan fingerprint density at radius 2 is 2.11 bits per heavy atom. The van der Waals surface area contributed by atoms with Crippen LogP contribution in [0.5, 0.6) is 0 Å². The quantitative estimate of drug-likeness (QED) is 0.748. The number of halogens is 1. The summed E-state index contributed by atoms with van der Waals surface area (Å²) in [6.45, 7) is 5.94. The van der Waals surface area contributed by atoms with Gasteiger partial charge in [-0.3, -0.25) is 0 Å². The number of nitrogen functional groups attached to an aromatic ring is 1. The van der Waals surface area contributed by atoms with E-state index in [1.807, 2.05) is 20.8 Å². The molecule has 0 aliphatic heterocycles. The fourth-order valence-corrected chi connectivity index (χ4v) is 2.21. The molecule has 0 unspecified atom stereocenters. The number of benzene rings is 1. The Morgan fingerprint density at radius 3 is 2.56 bits per heavy atom. The van der Waals surface area contributed by atoms with Crippen LogP contribution in [0.1, 0.15) is 37.9 Å². The van der Waals surface area contributed by atoms with E-state index < -0.39 is 0 Å². The number of nitrogens with zero attached hydrogens (tertiary/aromatic N) is 1. The molecule has 1 aromatic carbocycles. The van der Waals surface area contributed by atoms with Gasteiger partial charge < -0.3 is 16.2 Å². The molecule has 1 aromatic rings. The minimum atomic E-state index is -0.295. The number of anilines is 1. The smallest absolute Gasteiger partial charge is 0.101 e. The molecule has 5 heteroatoms. The number of nitrogens with two attached hydrogens (primary N) is 1. The predicted octanol–water partition coefficient (Wildman–Crippen LogP) is 2.32. The number of hydrogen-bond donors (Lipinski definition) is 3. The molecule has 1 atom stereocenters. The lowest BCUT2D eigenvalue weighted by Crippen LogP contribution is -2.40. The van der Waals surface area contributed by atoms with Gasteiger partial charge in [0.15, 0.2) is 0 Å². The zero-order valence-electron chi connectivity index (χ0n) is 10.8. The molecular formula is C13H18BrN3O. The van der Waals surface area contributed by atoms with Gasteiger partial charge in [-0.15, -0.1) is 0 Å². The van der Waals surface area contributed by atoms with E-state index in [2.05, 4.69) is 27.3 Å². The third-order valence-corrected chi connectivity index (χ3v) is 3.34. The van der Waals surface area contributed by atoms with Crippen LogP contribution in [-0.4, -0.2) is 17.3 Å². The highest BCUT2D eigenvalue weighted by Gasteiger charge is 2.22. The van der Waals surface area contributed by atoms with E-state index in [9.17, 15) is 10.4 Å². The Bertz CT molecular complexity index is 474. The monoisotopic (exact) mass is 311 g/mol. The van der Waals surface area contributed by atoms with Crippen molar-refractivity contribution in [1.29, 1.82) is 5.26 Å². The summed E-state index contributed by atoms with van der Waals surface area (Å²) >= 11 is 3.31. The van der Waals surface area contributed by atoms with Crippen LogP contribution in [0.15, 0.2) is 16.6 Å². The molecule has 0 amide bonds. The normalized spacial score (nSPS) is 13.1. The van der Waals surface area contributed by atoms with E-state index in [0.717, 1.165) is 5.56 Å². The highest BCUT2D eigenvalue weighted by molar-refractivity contribution is 9.10. The molecule has 18 heavy (non-hydrogen) atoms. The first-order valence-corrected chi connectivity index (χ1v) is 6.46. The second-order valence-electron chi connectivity index (χ2n) is 5.17. The first-order valence-electron chi connectivity index (χ1n) is 5.66.